The first-order chi connectivity index (χ1) is 10.8. The van der Waals surface area contributed by atoms with E-state index in [0.29, 0.717) is 5.82 Å². The first-order valence-electron chi connectivity index (χ1n) is 6.84. The average Bonchev–Trinajstić information content (AvgIpc) is 3.15. The minimum absolute atomic E-state index is 0.434. The van der Waals surface area contributed by atoms with Gasteiger partial charge in [0.15, 0.2) is 5.82 Å². The van der Waals surface area contributed by atoms with E-state index in [2.05, 4.69) is 30.3 Å². The maximum absolute atomic E-state index is 11.1. The van der Waals surface area contributed by atoms with Crippen LogP contribution in [0.15, 0.2) is 64.3 Å². The summed E-state index contributed by atoms with van der Waals surface area (Å²) < 4.78 is 6.71. The van der Waals surface area contributed by atoms with Crippen molar-refractivity contribution >= 4 is 10.9 Å². The van der Waals surface area contributed by atoms with E-state index in [-0.39, 0.29) is 0 Å². The molecule has 0 saturated heterocycles. The summed E-state index contributed by atoms with van der Waals surface area (Å²) in [6.45, 7) is 0.755. The number of rotatable bonds is 3. The molecule has 22 heavy (non-hydrogen) atoms. The van der Waals surface area contributed by atoms with Crippen LogP contribution < -0.4 is 5.76 Å². The smallest absolute Gasteiger partial charge is 0.343 e. The molecule has 3 heterocycles. The van der Waals surface area contributed by atoms with Gasteiger partial charge in [0.25, 0.3) is 0 Å². The van der Waals surface area contributed by atoms with E-state index in [0.717, 1.165) is 23.0 Å². The Bertz CT molecular complexity index is 982. The number of H-pyrrole nitrogens is 1. The number of benzene rings is 1. The fraction of sp³-hybridized carbons (Fsp3) is 0.0625. The van der Waals surface area contributed by atoms with Gasteiger partial charge in [0.05, 0.1) is 0 Å². The van der Waals surface area contributed by atoms with Crippen molar-refractivity contribution in [1.82, 2.24) is 19.7 Å². The number of fused-ring (bicyclic) bond motifs is 1. The second-order valence-corrected chi connectivity index (χ2v) is 5.02. The number of hydrogen-bond donors (Lipinski definition) is 1. The Balaban J connectivity index is 1.78. The Labute approximate surface area is 125 Å². The van der Waals surface area contributed by atoms with Crippen LogP contribution in [0.3, 0.4) is 0 Å². The van der Waals surface area contributed by atoms with E-state index in [4.69, 9.17) is 0 Å². The number of pyridine rings is 1. The second kappa shape index (κ2) is 5.00. The fourth-order valence-electron chi connectivity index (χ4n) is 2.51. The summed E-state index contributed by atoms with van der Waals surface area (Å²) in [6, 6.07) is 11.9. The van der Waals surface area contributed by atoms with Crippen molar-refractivity contribution in [3.63, 3.8) is 0 Å². The maximum Gasteiger partial charge on any atom is 0.439 e. The molecule has 0 fully saturated rings. The molecule has 4 rings (SSSR count). The van der Waals surface area contributed by atoms with Crippen molar-refractivity contribution in [2.24, 2.45) is 0 Å². The largest absolute Gasteiger partial charge is 0.439 e. The van der Waals surface area contributed by atoms with Crippen LogP contribution in [0.2, 0.25) is 0 Å². The van der Waals surface area contributed by atoms with Gasteiger partial charge in [0.1, 0.15) is 0 Å². The lowest BCUT2D eigenvalue weighted by Gasteiger charge is -2.06. The zero-order valence-corrected chi connectivity index (χ0v) is 11.6. The summed E-state index contributed by atoms with van der Waals surface area (Å²) in [4.78, 5) is 17.7. The van der Waals surface area contributed by atoms with Crippen molar-refractivity contribution < 1.29 is 4.52 Å². The van der Waals surface area contributed by atoms with Crippen LogP contribution in [0.5, 0.6) is 0 Å². The molecule has 0 aliphatic carbocycles. The number of nitrogens with zero attached hydrogens (tertiary/aromatic N) is 3. The standard InChI is InChI=1S/C16H12N4O2/c21-16-18-15(19-22-16)13-2-1-12-5-8-20(14(12)9-13)10-11-3-6-17-7-4-11/h1-9H,10H2,(H,18,19,21). The maximum atomic E-state index is 11.1. The summed E-state index contributed by atoms with van der Waals surface area (Å²) in [5.74, 6) is -0.120. The lowest BCUT2D eigenvalue weighted by molar-refractivity contribution is 0.388. The molecule has 3 aromatic heterocycles. The van der Waals surface area contributed by atoms with Crippen molar-refractivity contribution in [3.8, 4) is 11.4 Å². The van der Waals surface area contributed by atoms with Gasteiger partial charge in [-0.25, -0.2) is 4.79 Å². The quantitative estimate of drug-likeness (QED) is 0.629. The Morgan fingerprint density at radius 3 is 2.77 bits per heavy atom. The van der Waals surface area contributed by atoms with Crippen LogP contribution in [-0.2, 0) is 6.54 Å². The fourth-order valence-corrected chi connectivity index (χ4v) is 2.51. The molecular formula is C16H12N4O2. The Morgan fingerprint density at radius 2 is 2.00 bits per heavy atom. The number of aromatic amines is 1. The molecule has 4 aromatic rings. The summed E-state index contributed by atoms with van der Waals surface area (Å²) in [5.41, 5.74) is 3.05. The molecular weight excluding hydrogens is 280 g/mol. The molecule has 0 unspecified atom stereocenters. The molecule has 0 amide bonds. The Hall–Kier alpha value is -3.15. The van der Waals surface area contributed by atoms with Crippen molar-refractivity contribution in [2.45, 2.75) is 6.54 Å². The number of aromatic nitrogens is 4. The third-order valence-corrected chi connectivity index (χ3v) is 3.59. The van der Waals surface area contributed by atoms with E-state index in [1.807, 2.05) is 36.5 Å². The van der Waals surface area contributed by atoms with Crippen molar-refractivity contribution in [1.29, 1.82) is 0 Å². The summed E-state index contributed by atoms with van der Waals surface area (Å²) in [7, 11) is 0. The predicted molar refractivity (Wildman–Crippen MR) is 81.4 cm³/mol. The molecule has 0 bridgehead atoms. The average molecular weight is 292 g/mol. The van der Waals surface area contributed by atoms with Gasteiger partial charge in [0.2, 0.25) is 0 Å². The van der Waals surface area contributed by atoms with E-state index in [9.17, 15) is 4.79 Å². The summed E-state index contributed by atoms with van der Waals surface area (Å²) >= 11 is 0. The second-order valence-electron chi connectivity index (χ2n) is 5.02. The first-order valence-corrected chi connectivity index (χ1v) is 6.84. The van der Waals surface area contributed by atoms with Gasteiger partial charge >= 0.3 is 5.76 Å². The topological polar surface area (TPSA) is 76.7 Å². The van der Waals surface area contributed by atoms with Crippen LogP contribution in [0.25, 0.3) is 22.3 Å². The van der Waals surface area contributed by atoms with Crippen LogP contribution in [0, 0.1) is 0 Å². The minimum atomic E-state index is -0.553. The molecule has 0 aliphatic rings. The molecule has 0 saturated carbocycles. The van der Waals surface area contributed by atoms with Crippen LogP contribution in [-0.4, -0.2) is 19.7 Å². The zero-order valence-electron chi connectivity index (χ0n) is 11.6. The van der Waals surface area contributed by atoms with Gasteiger partial charge < -0.3 is 4.57 Å². The first kappa shape index (κ1) is 12.6. The molecule has 1 N–H and O–H groups in total. The van der Waals surface area contributed by atoms with E-state index >= 15 is 0 Å². The van der Waals surface area contributed by atoms with Crippen LogP contribution in [0.1, 0.15) is 5.56 Å². The summed E-state index contributed by atoms with van der Waals surface area (Å²) in [6.07, 6.45) is 5.61. The highest BCUT2D eigenvalue weighted by Gasteiger charge is 2.08. The van der Waals surface area contributed by atoms with E-state index in [1.54, 1.807) is 12.4 Å². The highest BCUT2D eigenvalue weighted by atomic mass is 16.5. The molecule has 0 radical (unpaired) electrons. The predicted octanol–water partition coefficient (Wildman–Crippen LogP) is 2.43. The molecule has 6 nitrogen and oxygen atoms in total. The van der Waals surface area contributed by atoms with Gasteiger partial charge in [-0.2, -0.15) is 0 Å². The van der Waals surface area contributed by atoms with Crippen molar-refractivity contribution in [2.75, 3.05) is 0 Å². The third-order valence-electron chi connectivity index (χ3n) is 3.59. The van der Waals surface area contributed by atoms with E-state index < -0.39 is 5.76 Å². The van der Waals surface area contributed by atoms with Gasteiger partial charge in [-0.05, 0) is 35.2 Å². The van der Waals surface area contributed by atoms with Crippen molar-refractivity contribution in [3.05, 3.63) is 71.1 Å². The molecule has 6 heteroatoms. The molecule has 0 atom stereocenters. The molecule has 0 spiro atoms. The normalized spacial score (nSPS) is 11.1. The van der Waals surface area contributed by atoms with E-state index in [1.165, 1.54) is 5.56 Å². The Morgan fingerprint density at radius 1 is 1.14 bits per heavy atom. The van der Waals surface area contributed by atoms with Gasteiger partial charge in [0, 0.05) is 36.2 Å². The van der Waals surface area contributed by atoms with Gasteiger partial charge in [-0.3, -0.25) is 14.5 Å². The Kier molecular flexibility index (Phi) is 2.86. The van der Waals surface area contributed by atoms with Crippen LogP contribution >= 0.6 is 0 Å². The lowest BCUT2D eigenvalue weighted by Crippen LogP contribution is -1.98. The zero-order chi connectivity index (χ0) is 14.9. The highest BCUT2D eigenvalue weighted by Crippen LogP contribution is 2.23. The highest BCUT2D eigenvalue weighted by molar-refractivity contribution is 5.84. The molecule has 1 aromatic carbocycles. The summed E-state index contributed by atoms with van der Waals surface area (Å²) in [5, 5.41) is 4.86. The lowest BCUT2D eigenvalue weighted by atomic mass is 10.1. The molecule has 0 aliphatic heterocycles. The third kappa shape index (κ3) is 2.20. The van der Waals surface area contributed by atoms with Crippen LogP contribution in [0.4, 0.5) is 0 Å². The monoisotopic (exact) mass is 292 g/mol. The number of nitrogens with one attached hydrogen (secondary N) is 1. The van der Waals surface area contributed by atoms with Gasteiger partial charge in [-0.1, -0.05) is 17.3 Å². The minimum Gasteiger partial charge on any atom is -0.343 e. The van der Waals surface area contributed by atoms with Gasteiger partial charge in [-0.15, -0.1) is 0 Å². The number of hydrogen-bond acceptors (Lipinski definition) is 4. The molecule has 108 valence electrons. The SMILES string of the molecule is O=c1[nH]c(-c2ccc3ccn(Cc4ccncc4)c3c2)no1.